The van der Waals surface area contributed by atoms with Crippen molar-refractivity contribution in [3.63, 3.8) is 0 Å². The van der Waals surface area contributed by atoms with E-state index < -0.39 is 21.3 Å². The van der Waals surface area contributed by atoms with Crippen molar-refractivity contribution in [1.29, 1.82) is 0 Å². The Morgan fingerprint density at radius 3 is 2.41 bits per heavy atom. The SMILES string of the molecule is CN(C)S(=O)(=O)c1cc(C(=O)NCC(C)(C)c2ccccc2F)ccc1Cl. The molecule has 1 amide bonds. The molecule has 0 fully saturated rings. The van der Waals surface area contributed by atoms with Crippen LogP contribution in [0, 0.1) is 5.82 Å². The van der Waals surface area contributed by atoms with Gasteiger partial charge in [-0.25, -0.2) is 17.1 Å². The lowest BCUT2D eigenvalue weighted by atomic mass is 9.84. The first-order chi connectivity index (χ1) is 12.5. The van der Waals surface area contributed by atoms with Crippen molar-refractivity contribution in [2.75, 3.05) is 20.6 Å². The van der Waals surface area contributed by atoms with Crippen LogP contribution >= 0.6 is 11.6 Å². The summed E-state index contributed by atoms with van der Waals surface area (Å²) in [6, 6.07) is 10.4. The fourth-order valence-electron chi connectivity index (χ4n) is 2.55. The molecule has 0 saturated carbocycles. The molecular weight excluding hydrogens is 391 g/mol. The maximum Gasteiger partial charge on any atom is 0.251 e. The minimum atomic E-state index is -3.78. The number of sulfonamides is 1. The van der Waals surface area contributed by atoms with E-state index in [4.69, 9.17) is 11.6 Å². The summed E-state index contributed by atoms with van der Waals surface area (Å²) in [7, 11) is -1.02. The summed E-state index contributed by atoms with van der Waals surface area (Å²) in [6.07, 6.45) is 0. The minimum Gasteiger partial charge on any atom is -0.351 e. The molecule has 27 heavy (non-hydrogen) atoms. The van der Waals surface area contributed by atoms with Gasteiger partial charge in [-0.15, -0.1) is 0 Å². The van der Waals surface area contributed by atoms with E-state index in [1.165, 1.54) is 38.4 Å². The molecule has 0 saturated heterocycles. The first-order valence-electron chi connectivity index (χ1n) is 8.22. The number of carbonyl (C=O) groups excluding carboxylic acids is 1. The predicted octanol–water partition coefficient (Wildman–Crippen LogP) is 3.44. The molecule has 0 bridgehead atoms. The highest BCUT2D eigenvalue weighted by Crippen LogP contribution is 2.26. The Morgan fingerprint density at radius 1 is 1.19 bits per heavy atom. The summed E-state index contributed by atoms with van der Waals surface area (Å²) in [4.78, 5) is 12.4. The molecule has 0 aliphatic carbocycles. The third-order valence-electron chi connectivity index (χ3n) is 4.25. The lowest BCUT2D eigenvalue weighted by molar-refractivity contribution is 0.0945. The van der Waals surface area contributed by atoms with Crippen LogP contribution in [-0.2, 0) is 15.4 Å². The quantitative estimate of drug-likeness (QED) is 0.790. The van der Waals surface area contributed by atoms with Crippen molar-refractivity contribution in [3.8, 4) is 0 Å². The van der Waals surface area contributed by atoms with Gasteiger partial charge in [0.2, 0.25) is 10.0 Å². The Labute approximate surface area is 164 Å². The molecule has 8 heteroatoms. The summed E-state index contributed by atoms with van der Waals surface area (Å²) < 4.78 is 39.7. The average molecular weight is 413 g/mol. The molecule has 0 atom stereocenters. The Kier molecular flexibility index (Phi) is 6.29. The van der Waals surface area contributed by atoms with Crippen LogP contribution in [0.1, 0.15) is 29.8 Å². The van der Waals surface area contributed by atoms with Gasteiger partial charge in [-0.3, -0.25) is 4.79 Å². The molecule has 2 aromatic rings. The maximum absolute atomic E-state index is 14.0. The second kappa shape index (κ2) is 7.96. The minimum absolute atomic E-state index is 0.0342. The zero-order valence-corrected chi connectivity index (χ0v) is 17.2. The highest BCUT2D eigenvalue weighted by atomic mass is 35.5. The van der Waals surface area contributed by atoms with Crippen molar-refractivity contribution >= 4 is 27.5 Å². The first-order valence-corrected chi connectivity index (χ1v) is 10.0. The van der Waals surface area contributed by atoms with Gasteiger partial charge in [-0.05, 0) is 29.8 Å². The Morgan fingerprint density at radius 2 is 1.81 bits per heavy atom. The zero-order valence-electron chi connectivity index (χ0n) is 15.6. The van der Waals surface area contributed by atoms with Crippen LogP contribution in [0.5, 0.6) is 0 Å². The van der Waals surface area contributed by atoms with Gasteiger partial charge in [0, 0.05) is 31.6 Å². The molecule has 146 valence electrons. The Bertz CT molecular complexity index is 959. The molecule has 0 spiro atoms. The van der Waals surface area contributed by atoms with E-state index in [0.29, 0.717) is 5.56 Å². The van der Waals surface area contributed by atoms with Gasteiger partial charge in [0.25, 0.3) is 5.91 Å². The highest BCUT2D eigenvalue weighted by molar-refractivity contribution is 7.89. The fraction of sp³-hybridized carbons (Fsp3) is 0.316. The molecule has 0 unspecified atom stereocenters. The van der Waals surface area contributed by atoms with Crippen LogP contribution in [0.25, 0.3) is 0 Å². The molecule has 0 radical (unpaired) electrons. The van der Waals surface area contributed by atoms with E-state index in [9.17, 15) is 17.6 Å². The monoisotopic (exact) mass is 412 g/mol. The van der Waals surface area contributed by atoms with Gasteiger partial charge in [0.15, 0.2) is 0 Å². The van der Waals surface area contributed by atoms with Crippen LogP contribution in [-0.4, -0.2) is 39.3 Å². The van der Waals surface area contributed by atoms with Crippen molar-refractivity contribution in [3.05, 3.63) is 64.4 Å². The van der Waals surface area contributed by atoms with E-state index in [0.717, 1.165) is 4.31 Å². The topological polar surface area (TPSA) is 66.5 Å². The van der Waals surface area contributed by atoms with E-state index in [-0.39, 0.29) is 27.8 Å². The summed E-state index contributed by atoms with van der Waals surface area (Å²) in [5.74, 6) is -0.811. The van der Waals surface area contributed by atoms with E-state index in [1.807, 2.05) is 13.8 Å². The van der Waals surface area contributed by atoms with Crippen LogP contribution in [0.4, 0.5) is 4.39 Å². The maximum atomic E-state index is 14.0. The van der Waals surface area contributed by atoms with Crippen LogP contribution in [0.2, 0.25) is 5.02 Å². The second-order valence-corrected chi connectivity index (χ2v) is 9.51. The predicted molar refractivity (Wildman–Crippen MR) is 104 cm³/mol. The highest BCUT2D eigenvalue weighted by Gasteiger charge is 2.26. The van der Waals surface area contributed by atoms with Gasteiger partial charge < -0.3 is 5.32 Å². The lowest BCUT2D eigenvalue weighted by Gasteiger charge is -2.26. The smallest absolute Gasteiger partial charge is 0.251 e. The van der Waals surface area contributed by atoms with Crippen molar-refractivity contribution in [2.45, 2.75) is 24.2 Å². The fourth-order valence-corrected chi connectivity index (χ4v) is 3.94. The molecule has 0 heterocycles. The average Bonchev–Trinajstić information content (AvgIpc) is 2.60. The summed E-state index contributed by atoms with van der Waals surface area (Å²) in [5.41, 5.74) is -0.00663. The number of benzene rings is 2. The van der Waals surface area contributed by atoms with Gasteiger partial charge in [-0.2, -0.15) is 0 Å². The standard InChI is InChI=1S/C19H22ClFN2O3S/c1-19(2,14-7-5-6-8-16(14)21)12-22-18(24)13-9-10-15(20)17(11-13)27(25,26)23(3)4/h5-11H,12H2,1-4H3,(H,22,24). The summed E-state index contributed by atoms with van der Waals surface area (Å²) in [5, 5.41) is 2.77. The first kappa shape index (κ1) is 21.3. The van der Waals surface area contributed by atoms with Gasteiger partial charge in [0.1, 0.15) is 10.7 Å². The third-order valence-corrected chi connectivity index (χ3v) is 6.54. The molecule has 2 rings (SSSR count). The molecule has 1 N–H and O–H groups in total. The molecule has 2 aromatic carbocycles. The number of nitrogens with zero attached hydrogens (tertiary/aromatic N) is 1. The van der Waals surface area contributed by atoms with Crippen LogP contribution < -0.4 is 5.32 Å². The van der Waals surface area contributed by atoms with Crippen LogP contribution in [0.15, 0.2) is 47.4 Å². The number of amides is 1. The van der Waals surface area contributed by atoms with E-state index >= 15 is 0 Å². The molecule has 5 nitrogen and oxygen atoms in total. The number of halogens is 2. The molecule has 0 aromatic heterocycles. The van der Waals surface area contributed by atoms with Crippen molar-refractivity contribution < 1.29 is 17.6 Å². The molecular formula is C19H22ClFN2O3S. The molecule has 0 aliphatic heterocycles. The van der Waals surface area contributed by atoms with E-state index in [1.54, 1.807) is 18.2 Å². The number of carbonyl (C=O) groups is 1. The number of rotatable bonds is 6. The van der Waals surface area contributed by atoms with Crippen LogP contribution in [0.3, 0.4) is 0 Å². The zero-order chi connectivity index (χ0) is 20.4. The number of hydrogen-bond donors (Lipinski definition) is 1. The van der Waals surface area contributed by atoms with Crippen molar-refractivity contribution in [2.24, 2.45) is 0 Å². The number of nitrogens with one attached hydrogen (secondary N) is 1. The largest absolute Gasteiger partial charge is 0.351 e. The van der Waals surface area contributed by atoms with Gasteiger partial charge in [0.05, 0.1) is 5.02 Å². The van der Waals surface area contributed by atoms with Gasteiger partial charge in [-0.1, -0.05) is 43.6 Å². The second-order valence-electron chi connectivity index (χ2n) is 6.98. The molecule has 0 aliphatic rings. The van der Waals surface area contributed by atoms with E-state index in [2.05, 4.69) is 5.32 Å². The lowest BCUT2D eigenvalue weighted by Crippen LogP contribution is -2.37. The third kappa shape index (κ3) is 4.66. The van der Waals surface area contributed by atoms with Crippen molar-refractivity contribution in [1.82, 2.24) is 9.62 Å². The van der Waals surface area contributed by atoms with Gasteiger partial charge >= 0.3 is 0 Å². The Balaban J connectivity index is 2.23. The summed E-state index contributed by atoms with van der Waals surface area (Å²) >= 11 is 6.00. The normalized spacial score (nSPS) is 12.3. The summed E-state index contributed by atoms with van der Waals surface area (Å²) in [6.45, 7) is 3.80. The number of hydrogen-bond acceptors (Lipinski definition) is 3. The Hall–Kier alpha value is -1.96.